The highest BCUT2D eigenvalue weighted by Gasteiger charge is 2.45. The molecule has 0 fully saturated rings. The summed E-state index contributed by atoms with van der Waals surface area (Å²) in [6.07, 6.45) is -19.8. The molecule has 1 aliphatic carbocycles. The van der Waals surface area contributed by atoms with Crippen LogP contribution >= 0.6 is 0 Å². The molecule has 1 heterocycles. The average Bonchev–Trinajstić information content (AvgIpc) is 2.80. The van der Waals surface area contributed by atoms with Crippen molar-refractivity contribution in [1.29, 1.82) is 0 Å². The Labute approximate surface area is 172 Å². The fourth-order valence-corrected chi connectivity index (χ4v) is 2.65. The number of aromatic hydroxyl groups is 1. The highest BCUT2D eigenvalue weighted by molar-refractivity contribution is 5.53. The van der Waals surface area contributed by atoms with Crippen molar-refractivity contribution in [2.24, 2.45) is 5.89 Å². The van der Waals surface area contributed by atoms with Gasteiger partial charge < -0.3 is 9.84 Å². The molecule has 23 heavy (non-hydrogen) atoms. The summed E-state index contributed by atoms with van der Waals surface area (Å²) < 4.78 is 192. The van der Waals surface area contributed by atoms with Gasteiger partial charge in [0.15, 0.2) is 0 Å². The smallest absolute Gasteiger partial charge is 0.127 e. The Bertz CT molecular complexity index is 1390. The van der Waals surface area contributed by atoms with Gasteiger partial charge >= 0.3 is 0 Å². The molecule has 0 amide bonds. The summed E-state index contributed by atoms with van der Waals surface area (Å²) in [7, 11) is 0. The molecule has 2 nitrogen and oxygen atoms in total. The lowest BCUT2D eigenvalue weighted by Gasteiger charge is -2.46. The predicted octanol–water partition coefficient (Wildman–Crippen LogP) is 5.74. The predicted molar refractivity (Wildman–Crippen MR) is 95.3 cm³/mol. The maximum Gasteiger partial charge on any atom is 0.127 e. The van der Waals surface area contributed by atoms with Crippen molar-refractivity contribution >= 4 is 0 Å². The van der Waals surface area contributed by atoms with Gasteiger partial charge in [0.1, 0.15) is 17.1 Å². The first-order valence-electron chi connectivity index (χ1n) is 18.2. The monoisotopic (exact) mass is 337 g/mol. The molecule has 126 valence electrons. The van der Waals surface area contributed by atoms with E-state index >= 15 is 0 Å². The molecule has 0 unspecified atom stereocenters. The number of hydrogen-bond acceptors (Lipinski definition) is 2. The Morgan fingerprint density at radius 1 is 1.48 bits per heavy atom. The van der Waals surface area contributed by atoms with E-state index in [2.05, 4.69) is 0 Å². The van der Waals surface area contributed by atoms with Crippen molar-refractivity contribution in [3.8, 4) is 11.5 Å². The van der Waals surface area contributed by atoms with Gasteiger partial charge in [-0.15, -0.1) is 0 Å². The SMILES string of the molecule is [2H]C([2H])([2H])C1=C[C@H]2c3c(O)cc(C([2H])([2H])C([2H])([2H])C([2H])([2H])C([2H])([2H])C([2H])([2H])[2H])cc3OC(C([2H])([2H])[2H])(C([2H])([2H])[2H])[C@]2([2H])C([2H])([2H])C1. The quantitative estimate of drug-likeness (QED) is 0.710. The molecule has 1 N–H and O–H groups in total. The zero-order chi connectivity index (χ0) is 36.5. The molecule has 0 saturated heterocycles. The van der Waals surface area contributed by atoms with Crippen molar-refractivity contribution in [3.05, 3.63) is 34.9 Å². The van der Waals surface area contributed by atoms with Crippen LogP contribution < -0.4 is 4.74 Å². The highest BCUT2D eigenvalue weighted by atomic mass is 16.5. The number of benzene rings is 1. The molecule has 2 aliphatic rings. The van der Waals surface area contributed by atoms with E-state index in [9.17, 15) is 6.48 Å². The van der Waals surface area contributed by atoms with E-state index in [4.69, 9.17) is 34.9 Å². The topological polar surface area (TPSA) is 29.5 Å². The Balaban J connectivity index is 2.50. The Hall–Kier alpha value is -1.44. The molecule has 0 bridgehead atoms. The van der Waals surface area contributed by atoms with Gasteiger partial charge in [0.2, 0.25) is 0 Å². The molecular formula is C21H30O2. The third kappa shape index (κ3) is 3.13. The molecule has 0 radical (unpaired) electrons. The van der Waals surface area contributed by atoms with Crippen LogP contribution in [0.3, 0.4) is 0 Å². The second kappa shape index (κ2) is 6.22. The maximum absolute atomic E-state index is 11.2. The molecule has 1 aromatic rings. The first kappa shape index (κ1) is 4.20. The third-order valence-corrected chi connectivity index (χ3v) is 3.55. The zero-order valence-corrected chi connectivity index (χ0v) is 11.9. The van der Waals surface area contributed by atoms with Crippen LogP contribution in [0.15, 0.2) is 23.8 Å². The van der Waals surface area contributed by atoms with Crippen LogP contribution in [0.1, 0.15) is 108 Å². The van der Waals surface area contributed by atoms with Crippen LogP contribution in [0.2, 0.25) is 0 Å². The van der Waals surface area contributed by atoms with Crippen molar-refractivity contribution in [3.63, 3.8) is 0 Å². The summed E-state index contributed by atoms with van der Waals surface area (Å²) >= 11 is 0. The number of allylic oxidation sites excluding steroid dienone is 2. The van der Waals surface area contributed by atoms with Gasteiger partial charge in [0.25, 0.3) is 0 Å². The maximum atomic E-state index is 11.2. The lowest BCUT2D eigenvalue weighted by Crippen LogP contribution is -2.45. The van der Waals surface area contributed by atoms with Crippen molar-refractivity contribution in [1.82, 2.24) is 0 Å². The van der Waals surface area contributed by atoms with Gasteiger partial charge in [0, 0.05) is 48.9 Å². The molecular weight excluding hydrogens is 284 g/mol. The number of ether oxygens (including phenoxy) is 1. The second-order valence-electron chi connectivity index (χ2n) is 5.13. The molecule has 1 aromatic carbocycles. The van der Waals surface area contributed by atoms with Crippen molar-refractivity contribution < 1.29 is 41.4 Å². The molecule has 2 heteroatoms. The van der Waals surface area contributed by atoms with Gasteiger partial charge in [-0.25, -0.2) is 0 Å². The Kier molecular flexibility index (Phi) is 1.14. The van der Waals surface area contributed by atoms with E-state index in [0.717, 1.165) is 0 Å². The van der Waals surface area contributed by atoms with Crippen LogP contribution in [0, 0.1) is 5.89 Å². The fraction of sp³-hybridized carbons (Fsp3) is 0.619. The van der Waals surface area contributed by atoms with E-state index < -0.39 is 111 Å². The van der Waals surface area contributed by atoms with E-state index in [-0.39, 0.29) is 0 Å². The molecule has 0 spiro atoms. The lowest BCUT2D eigenvalue weighted by molar-refractivity contribution is 0.0107. The van der Waals surface area contributed by atoms with Crippen LogP contribution in [0.5, 0.6) is 11.5 Å². The molecule has 2 atom stereocenters. The first-order valence-corrected chi connectivity index (χ1v) is 6.69. The van der Waals surface area contributed by atoms with Gasteiger partial charge in [-0.05, 0) is 63.8 Å². The summed E-state index contributed by atoms with van der Waals surface area (Å²) in [5.74, 6) is -7.90. The van der Waals surface area contributed by atoms with E-state index in [1.54, 1.807) is 0 Å². The normalized spacial score (nSPS) is 50.0. The van der Waals surface area contributed by atoms with Gasteiger partial charge in [-0.1, -0.05) is 31.2 Å². The summed E-state index contributed by atoms with van der Waals surface area (Å²) in [6, 6.07) is 0.860. The largest absolute Gasteiger partial charge is 0.507 e. The third-order valence-electron chi connectivity index (χ3n) is 3.55. The van der Waals surface area contributed by atoms with Gasteiger partial charge in [0.05, 0.1) is 0 Å². The van der Waals surface area contributed by atoms with Crippen LogP contribution in [-0.2, 0) is 6.37 Å². The van der Waals surface area contributed by atoms with Gasteiger partial charge in [-0.2, -0.15) is 0 Å². The number of aryl methyl sites for hydroxylation is 1. The molecule has 3 rings (SSSR count). The number of rotatable bonds is 4. The van der Waals surface area contributed by atoms with E-state index in [0.29, 0.717) is 18.2 Å². The number of fused-ring (bicyclic) bond motifs is 3. The van der Waals surface area contributed by atoms with Crippen molar-refractivity contribution in [2.45, 2.75) is 77.2 Å². The summed E-state index contributed by atoms with van der Waals surface area (Å²) in [6.45, 7) is -14.7. The number of phenolic OH excluding ortho intramolecular Hbond substituents is 1. The minimum Gasteiger partial charge on any atom is -0.507 e. The first-order chi connectivity index (χ1) is 19.9. The minimum absolute atomic E-state index is 0.423. The van der Waals surface area contributed by atoms with E-state index in [1.807, 2.05) is 0 Å². The summed E-state index contributed by atoms with van der Waals surface area (Å²) in [5, 5.41) is 11.2. The lowest BCUT2D eigenvalue weighted by atomic mass is 9.68. The average molecular weight is 338 g/mol. The summed E-state index contributed by atoms with van der Waals surface area (Å²) in [4.78, 5) is 0. The number of phenols is 1. The second-order valence-corrected chi connectivity index (χ2v) is 5.13. The highest BCUT2D eigenvalue weighted by Crippen LogP contribution is 2.53. The fourth-order valence-electron chi connectivity index (χ4n) is 2.65. The Morgan fingerprint density at radius 3 is 3.17 bits per heavy atom. The van der Waals surface area contributed by atoms with Gasteiger partial charge in [-0.3, -0.25) is 0 Å². The molecule has 0 saturated carbocycles. The Morgan fingerprint density at radius 2 is 2.39 bits per heavy atom. The van der Waals surface area contributed by atoms with E-state index in [1.165, 1.54) is 0 Å². The molecule has 0 aromatic heterocycles. The standard InChI is InChI=1S/C21H30O2/c1-5-6-7-8-15-12-18(22)20-16-11-14(2)9-10-17(16)21(3,4)23-19(20)13-15/h11-13,16-17,22H,5-10H2,1-4H3/t16-,17-/m1/s1/i1D3,2D3,3D3,4D3,5D2,6D2,7D2,8D2,10D2,17D. The summed E-state index contributed by atoms with van der Waals surface area (Å²) in [5.41, 5.74) is -6.40. The van der Waals surface area contributed by atoms with Crippen LogP contribution in [0.4, 0.5) is 0 Å². The minimum atomic E-state index is -4.14. The van der Waals surface area contributed by atoms with Crippen molar-refractivity contribution in [2.75, 3.05) is 0 Å². The zero-order valence-electron chi connectivity index (χ0n) is 34.9. The van der Waals surface area contributed by atoms with Crippen LogP contribution in [0.25, 0.3) is 0 Å². The molecule has 1 aliphatic heterocycles. The number of hydrogen-bond donors (Lipinski definition) is 1. The van der Waals surface area contributed by atoms with Crippen LogP contribution in [-0.4, -0.2) is 10.7 Å².